The van der Waals surface area contributed by atoms with Crippen LogP contribution in [0.3, 0.4) is 0 Å². The highest BCUT2D eigenvalue weighted by atomic mass is 16.4. The summed E-state index contributed by atoms with van der Waals surface area (Å²) in [7, 11) is 0. The topological polar surface area (TPSA) is 92.2 Å². The van der Waals surface area contributed by atoms with E-state index in [0.29, 0.717) is 17.9 Å². The van der Waals surface area contributed by atoms with Gasteiger partial charge in [-0.2, -0.15) is 0 Å². The summed E-state index contributed by atoms with van der Waals surface area (Å²) in [5.41, 5.74) is 1.66. The first kappa shape index (κ1) is 17.6. The van der Waals surface area contributed by atoms with Crippen LogP contribution in [0, 0.1) is 6.92 Å². The minimum absolute atomic E-state index is 0.289. The van der Waals surface area contributed by atoms with Gasteiger partial charge in [-0.25, -0.2) is 14.8 Å². The van der Waals surface area contributed by atoms with E-state index in [0.717, 1.165) is 18.4 Å². The molecule has 126 valence electrons. The van der Waals surface area contributed by atoms with E-state index in [4.69, 9.17) is 0 Å². The Bertz CT molecular complexity index is 717. The number of carboxylic acid groups (broad SMARTS) is 1. The maximum absolute atomic E-state index is 12.3. The van der Waals surface area contributed by atoms with Crippen molar-refractivity contribution in [1.29, 1.82) is 0 Å². The highest BCUT2D eigenvalue weighted by molar-refractivity contribution is 5.97. The smallest absolute Gasteiger partial charge is 0.326 e. The molecule has 0 bridgehead atoms. The van der Waals surface area contributed by atoms with Gasteiger partial charge in [0.2, 0.25) is 0 Å². The Morgan fingerprint density at radius 3 is 2.54 bits per heavy atom. The maximum Gasteiger partial charge on any atom is 0.326 e. The molecule has 0 aliphatic carbocycles. The number of rotatable bonds is 7. The van der Waals surface area contributed by atoms with Crippen LogP contribution in [0.25, 0.3) is 11.4 Å². The quantitative estimate of drug-likeness (QED) is 0.816. The zero-order valence-corrected chi connectivity index (χ0v) is 13.8. The van der Waals surface area contributed by atoms with Gasteiger partial charge in [0.05, 0.1) is 11.3 Å². The minimum atomic E-state index is -1.03. The van der Waals surface area contributed by atoms with Crippen LogP contribution in [0.15, 0.2) is 36.5 Å². The van der Waals surface area contributed by atoms with Crippen LogP contribution in [0.1, 0.15) is 42.2 Å². The zero-order valence-electron chi connectivity index (χ0n) is 13.8. The van der Waals surface area contributed by atoms with Crippen molar-refractivity contribution in [1.82, 2.24) is 15.3 Å². The molecule has 0 spiro atoms. The first-order chi connectivity index (χ1) is 11.5. The normalized spacial score (nSPS) is 11.8. The Kier molecular flexibility index (Phi) is 6.01. The van der Waals surface area contributed by atoms with E-state index in [1.54, 1.807) is 6.92 Å². The summed E-state index contributed by atoms with van der Waals surface area (Å²) in [6, 6.07) is 8.56. The average Bonchev–Trinajstić information content (AvgIpc) is 2.58. The van der Waals surface area contributed by atoms with Crippen LogP contribution in [0.4, 0.5) is 0 Å². The standard InChI is InChI=1S/C18H21N3O3/c1-3-4-10-15(18(23)24)21-17(22)14-11-19-16(20-12(14)2)13-8-6-5-7-9-13/h5-9,11,15H,3-4,10H2,1-2H3,(H,21,22)(H,23,24). The fourth-order valence-corrected chi connectivity index (χ4v) is 2.32. The fourth-order valence-electron chi connectivity index (χ4n) is 2.32. The van der Waals surface area contributed by atoms with E-state index in [1.807, 2.05) is 37.3 Å². The lowest BCUT2D eigenvalue weighted by atomic mass is 10.1. The molecule has 1 amide bonds. The highest BCUT2D eigenvalue weighted by Crippen LogP contribution is 2.16. The van der Waals surface area contributed by atoms with Crippen molar-refractivity contribution in [3.05, 3.63) is 47.8 Å². The molecule has 0 fully saturated rings. The van der Waals surface area contributed by atoms with Crippen molar-refractivity contribution in [2.24, 2.45) is 0 Å². The number of carbonyl (C=O) groups excluding carboxylic acids is 1. The minimum Gasteiger partial charge on any atom is -0.480 e. The fraction of sp³-hybridized carbons (Fsp3) is 0.333. The molecule has 24 heavy (non-hydrogen) atoms. The van der Waals surface area contributed by atoms with Crippen molar-refractivity contribution in [3.8, 4) is 11.4 Å². The van der Waals surface area contributed by atoms with E-state index in [1.165, 1.54) is 6.20 Å². The molecule has 0 radical (unpaired) electrons. The number of unbranched alkanes of at least 4 members (excludes halogenated alkanes) is 1. The second kappa shape index (κ2) is 8.19. The average molecular weight is 327 g/mol. The molecule has 1 aromatic carbocycles. The summed E-state index contributed by atoms with van der Waals surface area (Å²) >= 11 is 0. The van der Waals surface area contributed by atoms with Gasteiger partial charge in [-0.05, 0) is 13.3 Å². The lowest BCUT2D eigenvalue weighted by molar-refractivity contribution is -0.139. The number of hydrogen-bond donors (Lipinski definition) is 2. The third-order valence-electron chi connectivity index (χ3n) is 3.71. The second-order valence-electron chi connectivity index (χ2n) is 5.57. The number of benzene rings is 1. The number of nitrogens with one attached hydrogen (secondary N) is 1. The van der Waals surface area contributed by atoms with Gasteiger partial charge in [0, 0.05) is 11.8 Å². The molecule has 1 aromatic heterocycles. The molecule has 2 aromatic rings. The highest BCUT2D eigenvalue weighted by Gasteiger charge is 2.21. The molecule has 2 N–H and O–H groups in total. The number of nitrogens with zero attached hydrogens (tertiary/aromatic N) is 2. The molecule has 6 heteroatoms. The van der Waals surface area contributed by atoms with Crippen molar-refractivity contribution >= 4 is 11.9 Å². The zero-order chi connectivity index (χ0) is 17.5. The van der Waals surface area contributed by atoms with Gasteiger partial charge < -0.3 is 10.4 Å². The first-order valence-electron chi connectivity index (χ1n) is 7.95. The van der Waals surface area contributed by atoms with Gasteiger partial charge in [-0.1, -0.05) is 50.1 Å². The molecule has 0 saturated carbocycles. The third-order valence-corrected chi connectivity index (χ3v) is 3.71. The van der Waals surface area contributed by atoms with Crippen LogP contribution < -0.4 is 5.32 Å². The van der Waals surface area contributed by atoms with E-state index in [9.17, 15) is 14.7 Å². The molecule has 2 rings (SSSR count). The van der Waals surface area contributed by atoms with Crippen molar-refractivity contribution in [2.75, 3.05) is 0 Å². The molecule has 6 nitrogen and oxygen atoms in total. The van der Waals surface area contributed by atoms with Gasteiger partial charge in [0.1, 0.15) is 6.04 Å². The second-order valence-corrected chi connectivity index (χ2v) is 5.57. The summed E-state index contributed by atoms with van der Waals surface area (Å²) in [6.07, 6.45) is 3.45. The Hall–Kier alpha value is -2.76. The predicted molar refractivity (Wildman–Crippen MR) is 90.6 cm³/mol. The number of aromatic nitrogens is 2. The summed E-state index contributed by atoms with van der Waals surface area (Å²) in [4.78, 5) is 32.2. The number of aryl methyl sites for hydroxylation is 1. The van der Waals surface area contributed by atoms with Crippen LogP contribution in [-0.2, 0) is 4.79 Å². The van der Waals surface area contributed by atoms with E-state index in [-0.39, 0.29) is 5.56 Å². The van der Waals surface area contributed by atoms with E-state index >= 15 is 0 Å². The van der Waals surface area contributed by atoms with Crippen LogP contribution in [-0.4, -0.2) is 33.0 Å². The van der Waals surface area contributed by atoms with Crippen molar-refractivity contribution < 1.29 is 14.7 Å². The summed E-state index contributed by atoms with van der Waals surface area (Å²) in [5, 5.41) is 11.8. The molecular formula is C18H21N3O3. The molecule has 0 saturated heterocycles. The lowest BCUT2D eigenvalue weighted by Gasteiger charge is -2.15. The number of hydrogen-bond acceptors (Lipinski definition) is 4. The monoisotopic (exact) mass is 327 g/mol. The number of aliphatic carboxylic acids is 1. The van der Waals surface area contributed by atoms with Crippen LogP contribution in [0.2, 0.25) is 0 Å². The molecular weight excluding hydrogens is 306 g/mol. The third kappa shape index (κ3) is 4.38. The summed E-state index contributed by atoms with van der Waals surface area (Å²) in [6.45, 7) is 3.69. The Labute approximate surface area is 141 Å². The van der Waals surface area contributed by atoms with Crippen molar-refractivity contribution in [2.45, 2.75) is 39.2 Å². The Balaban J connectivity index is 2.16. The van der Waals surface area contributed by atoms with E-state index in [2.05, 4.69) is 15.3 Å². The molecule has 1 atom stereocenters. The summed E-state index contributed by atoms with van der Waals surface area (Å²) < 4.78 is 0. The van der Waals surface area contributed by atoms with Gasteiger partial charge >= 0.3 is 5.97 Å². The first-order valence-corrected chi connectivity index (χ1v) is 7.95. The van der Waals surface area contributed by atoms with Crippen LogP contribution in [0.5, 0.6) is 0 Å². The van der Waals surface area contributed by atoms with Gasteiger partial charge in [-0.15, -0.1) is 0 Å². The van der Waals surface area contributed by atoms with Crippen LogP contribution >= 0.6 is 0 Å². The Morgan fingerprint density at radius 1 is 1.25 bits per heavy atom. The molecule has 1 heterocycles. The number of carbonyl (C=O) groups is 2. The summed E-state index contributed by atoms with van der Waals surface area (Å²) in [5.74, 6) is -0.961. The van der Waals surface area contributed by atoms with Gasteiger partial charge in [0.25, 0.3) is 5.91 Å². The maximum atomic E-state index is 12.3. The van der Waals surface area contributed by atoms with Gasteiger partial charge in [0.15, 0.2) is 5.82 Å². The predicted octanol–water partition coefficient (Wildman–Crippen LogP) is 2.83. The molecule has 0 aliphatic rings. The SMILES string of the molecule is CCCCC(NC(=O)c1cnc(-c2ccccc2)nc1C)C(=O)O. The van der Waals surface area contributed by atoms with Crippen molar-refractivity contribution in [3.63, 3.8) is 0 Å². The molecule has 1 unspecified atom stereocenters. The van der Waals surface area contributed by atoms with E-state index < -0.39 is 17.9 Å². The Morgan fingerprint density at radius 2 is 1.96 bits per heavy atom. The number of carboxylic acids is 1. The van der Waals surface area contributed by atoms with Gasteiger partial charge in [-0.3, -0.25) is 4.79 Å². The molecule has 0 aliphatic heterocycles. The lowest BCUT2D eigenvalue weighted by Crippen LogP contribution is -2.41. The largest absolute Gasteiger partial charge is 0.480 e. The number of amides is 1.